The smallest absolute Gasteiger partial charge is 0.245 e. The van der Waals surface area contributed by atoms with Crippen LogP contribution in [0.25, 0.3) is 11.0 Å². The number of nitrogens with zero attached hydrogens (tertiary/aromatic N) is 3. The molecule has 6 nitrogen and oxygen atoms in total. The molecule has 1 heterocycles. The van der Waals surface area contributed by atoms with Gasteiger partial charge in [0.05, 0.1) is 11.7 Å². The molecule has 8 heteroatoms. The van der Waals surface area contributed by atoms with Crippen LogP contribution in [0.5, 0.6) is 0 Å². The fourth-order valence-corrected chi connectivity index (χ4v) is 4.73. The van der Waals surface area contributed by atoms with Crippen LogP contribution in [0.15, 0.2) is 53.4 Å². The molecular weight excluding hydrogens is 344 g/mol. The first-order valence-corrected chi connectivity index (χ1v) is 9.75. The lowest BCUT2D eigenvalue weighted by Gasteiger charge is -2.21. The molecule has 0 fully saturated rings. The van der Waals surface area contributed by atoms with Gasteiger partial charge in [0.15, 0.2) is 0 Å². The summed E-state index contributed by atoms with van der Waals surface area (Å²) in [5.41, 5.74) is 7.73. The van der Waals surface area contributed by atoms with Gasteiger partial charge in [0, 0.05) is 19.6 Å². The quantitative estimate of drug-likeness (QED) is 0.693. The van der Waals surface area contributed by atoms with Gasteiger partial charge in [-0.25, -0.2) is 8.42 Å². The third-order valence-electron chi connectivity index (χ3n) is 3.74. The summed E-state index contributed by atoms with van der Waals surface area (Å²) in [6, 6.07) is 14.8. The van der Waals surface area contributed by atoms with Gasteiger partial charge in [-0.3, -0.25) is 0 Å². The summed E-state index contributed by atoms with van der Waals surface area (Å²) in [5, 5.41) is 0. The molecule has 3 rings (SSSR count). The van der Waals surface area contributed by atoms with Crippen LogP contribution in [0.3, 0.4) is 0 Å². The van der Waals surface area contributed by atoms with E-state index in [4.69, 9.17) is 5.73 Å². The summed E-state index contributed by atoms with van der Waals surface area (Å²) in [6.07, 6.45) is 0.630. The van der Waals surface area contributed by atoms with Crippen molar-refractivity contribution in [2.45, 2.75) is 11.3 Å². The Morgan fingerprint density at radius 3 is 2.54 bits per heavy atom. The van der Waals surface area contributed by atoms with Gasteiger partial charge in [-0.2, -0.15) is 13.1 Å². The van der Waals surface area contributed by atoms with E-state index in [1.807, 2.05) is 30.3 Å². The Hall–Kier alpha value is -1.87. The van der Waals surface area contributed by atoms with E-state index in [2.05, 4.69) is 8.75 Å². The Bertz CT molecular complexity index is 910. The van der Waals surface area contributed by atoms with Gasteiger partial charge in [0.1, 0.15) is 15.9 Å². The summed E-state index contributed by atoms with van der Waals surface area (Å²) in [5.74, 6) is 0. The number of hydrogen-bond donors (Lipinski definition) is 1. The van der Waals surface area contributed by atoms with E-state index in [0.29, 0.717) is 24.0 Å². The van der Waals surface area contributed by atoms with E-state index in [1.54, 1.807) is 18.2 Å². The molecule has 2 N–H and O–H groups in total. The Kier molecular flexibility index (Phi) is 5.20. The van der Waals surface area contributed by atoms with Crippen molar-refractivity contribution in [1.29, 1.82) is 0 Å². The number of rotatable bonds is 7. The average Bonchev–Trinajstić information content (AvgIpc) is 3.07. The van der Waals surface area contributed by atoms with Gasteiger partial charge >= 0.3 is 0 Å². The number of nitrogens with two attached hydrogens (primary N) is 1. The molecule has 0 bridgehead atoms. The molecule has 0 saturated heterocycles. The lowest BCUT2D eigenvalue weighted by molar-refractivity contribution is 0.422. The van der Waals surface area contributed by atoms with Crippen molar-refractivity contribution >= 4 is 32.8 Å². The second kappa shape index (κ2) is 7.35. The van der Waals surface area contributed by atoms with Crippen LogP contribution in [-0.4, -0.2) is 41.1 Å². The number of benzene rings is 2. The van der Waals surface area contributed by atoms with Crippen molar-refractivity contribution in [3.8, 4) is 0 Å². The molecule has 3 aromatic rings. The fraction of sp³-hybridized carbons (Fsp3) is 0.250. The molecule has 0 amide bonds. The van der Waals surface area contributed by atoms with Crippen molar-refractivity contribution in [1.82, 2.24) is 13.1 Å². The van der Waals surface area contributed by atoms with E-state index >= 15 is 0 Å². The highest BCUT2D eigenvalue weighted by Gasteiger charge is 2.26. The predicted octanol–water partition coefficient (Wildman–Crippen LogP) is 1.88. The highest BCUT2D eigenvalue weighted by atomic mass is 32.2. The second-order valence-electron chi connectivity index (χ2n) is 5.32. The molecule has 0 spiro atoms. The van der Waals surface area contributed by atoms with E-state index in [0.717, 1.165) is 17.3 Å². The van der Waals surface area contributed by atoms with Gasteiger partial charge in [-0.1, -0.05) is 36.4 Å². The Balaban J connectivity index is 1.90. The summed E-state index contributed by atoms with van der Waals surface area (Å²) in [7, 11) is -3.67. The monoisotopic (exact) mass is 362 g/mol. The first kappa shape index (κ1) is 17.0. The zero-order valence-electron chi connectivity index (χ0n) is 13.0. The standard InChI is InChI=1S/C16H18N4O2S2/c17-10-12-20(11-9-13-5-2-1-3-6-13)24(21,22)15-8-4-7-14-16(15)19-23-18-14/h1-8H,9-12,17H2. The minimum Gasteiger partial charge on any atom is -0.329 e. The van der Waals surface area contributed by atoms with Crippen molar-refractivity contribution in [3.63, 3.8) is 0 Å². The van der Waals surface area contributed by atoms with Crippen molar-refractivity contribution in [2.24, 2.45) is 5.73 Å². The van der Waals surface area contributed by atoms with E-state index in [1.165, 1.54) is 4.31 Å². The molecule has 1 aromatic heterocycles. The minimum atomic E-state index is -3.67. The molecule has 24 heavy (non-hydrogen) atoms. The third kappa shape index (κ3) is 3.46. The van der Waals surface area contributed by atoms with Gasteiger partial charge in [-0.05, 0) is 24.1 Å². The first-order chi connectivity index (χ1) is 11.6. The van der Waals surface area contributed by atoms with Gasteiger partial charge in [0.25, 0.3) is 0 Å². The Morgan fingerprint density at radius 2 is 1.79 bits per heavy atom. The van der Waals surface area contributed by atoms with Crippen LogP contribution in [0.1, 0.15) is 5.56 Å². The van der Waals surface area contributed by atoms with Crippen LogP contribution in [0.2, 0.25) is 0 Å². The molecule has 2 aromatic carbocycles. The Labute approximate surface area is 145 Å². The van der Waals surface area contributed by atoms with Gasteiger partial charge < -0.3 is 5.73 Å². The molecule has 0 saturated carbocycles. The summed E-state index contributed by atoms with van der Waals surface area (Å²) >= 11 is 1.01. The maximum Gasteiger partial charge on any atom is 0.245 e. The third-order valence-corrected chi connectivity index (χ3v) is 6.21. The number of sulfonamides is 1. The Morgan fingerprint density at radius 1 is 1.00 bits per heavy atom. The average molecular weight is 362 g/mol. The molecule has 126 valence electrons. The zero-order chi connectivity index (χ0) is 17.0. The van der Waals surface area contributed by atoms with Crippen LogP contribution in [-0.2, 0) is 16.4 Å². The molecule has 0 aliphatic heterocycles. The van der Waals surface area contributed by atoms with Crippen molar-refractivity contribution < 1.29 is 8.42 Å². The molecular formula is C16H18N4O2S2. The topological polar surface area (TPSA) is 89.2 Å². The molecule has 0 aliphatic rings. The van der Waals surface area contributed by atoms with Gasteiger partial charge in [-0.15, -0.1) is 0 Å². The van der Waals surface area contributed by atoms with Crippen LogP contribution < -0.4 is 5.73 Å². The fourth-order valence-electron chi connectivity index (χ4n) is 2.52. The maximum absolute atomic E-state index is 13.1. The molecule has 0 unspecified atom stereocenters. The maximum atomic E-state index is 13.1. The summed E-state index contributed by atoms with van der Waals surface area (Å²) in [4.78, 5) is 0.190. The summed E-state index contributed by atoms with van der Waals surface area (Å²) in [6.45, 7) is 0.903. The zero-order valence-corrected chi connectivity index (χ0v) is 14.6. The van der Waals surface area contributed by atoms with Crippen LogP contribution in [0, 0.1) is 0 Å². The van der Waals surface area contributed by atoms with Crippen molar-refractivity contribution in [3.05, 3.63) is 54.1 Å². The predicted molar refractivity (Wildman–Crippen MR) is 95.4 cm³/mol. The van der Waals surface area contributed by atoms with Crippen molar-refractivity contribution in [2.75, 3.05) is 19.6 Å². The van der Waals surface area contributed by atoms with Gasteiger partial charge in [0.2, 0.25) is 10.0 Å². The number of fused-ring (bicyclic) bond motifs is 1. The van der Waals surface area contributed by atoms with Crippen LogP contribution >= 0.6 is 11.7 Å². The highest BCUT2D eigenvalue weighted by molar-refractivity contribution is 7.89. The number of hydrogen-bond acceptors (Lipinski definition) is 6. The number of aromatic nitrogens is 2. The largest absolute Gasteiger partial charge is 0.329 e. The SMILES string of the molecule is NCCN(CCc1ccccc1)S(=O)(=O)c1cccc2nsnc12. The van der Waals surface area contributed by atoms with Crippen LogP contribution in [0.4, 0.5) is 0 Å². The van der Waals surface area contributed by atoms with E-state index < -0.39 is 10.0 Å². The van der Waals surface area contributed by atoms with E-state index in [9.17, 15) is 8.42 Å². The highest BCUT2D eigenvalue weighted by Crippen LogP contribution is 2.24. The lowest BCUT2D eigenvalue weighted by Crippen LogP contribution is -2.37. The van der Waals surface area contributed by atoms with E-state index in [-0.39, 0.29) is 18.0 Å². The lowest BCUT2D eigenvalue weighted by atomic mass is 10.1. The summed E-state index contributed by atoms with van der Waals surface area (Å²) < 4.78 is 35.8. The molecule has 0 radical (unpaired) electrons. The minimum absolute atomic E-state index is 0.190. The second-order valence-corrected chi connectivity index (χ2v) is 7.75. The normalized spacial score (nSPS) is 12.1. The first-order valence-electron chi connectivity index (χ1n) is 7.58. The molecule has 0 atom stereocenters. The molecule has 0 aliphatic carbocycles.